The Balaban J connectivity index is 1.77. The normalized spacial score (nSPS) is 17.1. The van der Waals surface area contributed by atoms with Gasteiger partial charge in [0, 0.05) is 58.3 Å². The van der Waals surface area contributed by atoms with Crippen molar-refractivity contribution in [3.8, 4) is 11.5 Å². The Hall–Kier alpha value is -2.48. The van der Waals surface area contributed by atoms with E-state index >= 15 is 0 Å². The number of rotatable bonds is 10. The van der Waals surface area contributed by atoms with Crippen LogP contribution >= 0.6 is 0 Å². The number of guanidine groups is 1. The minimum Gasteiger partial charge on any atom is -0.497 e. The lowest BCUT2D eigenvalue weighted by atomic mass is 10.2. The van der Waals surface area contributed by atoms with Crippen LogP contribution in [0.25, 0.3) is 0 Å². The molecule has 1 saturated heterocycles. The number of carbonyl (C=O) groups excluding carboxylic acids is 1. The van der Waals surface area contributed by atoms with Crippen LogP contribution in [0.4, 0.5) is 0 Å². The van der Waals surface area contributed by atoms with Gasteiger partial charge >= 0.3 is 0 Å². The molecule has 0 bridgehead atoms. The molecule has 0 aliphatic carbocycles. The number of hydrogen-bond acceptors (Lipinski definition) is 5. The van der Waals surface area contributed by atoms with E-state index in [0.717, 1.165) is 56.5 Å². The Bertz CT molecular complexity index is 658. The van der Waals surface area contributed by atoms with Crippen LogP contribution in [-0.2, 0) is 11.3 Å². The van der Waals surface area contributed by atoms with E-state index in [2.05, 4.69) is 25.8 Å². The highest BCUT2D eigenvalue weighted by Crippen LogP contribution is 2.24. The molecule has 0 aromatic heterocycles. The lowest BCUT2D eigenvalue weighted by Crippen LogP contribution is -2.45. The van der Waals surface area contributed by atoms with Crippen LogP contribution in [0, 0.1) is 0 Å². The number of nitrogens with one attached hydrogen (secondary N) is 3. The van der Waals surface area contributed by atoms with Crippen molar-refractivity contribution in [3.05, 3.63) is 23.8 Å². The van der Waals surface area contributed by atoms with E-state index in [0.29, 0.717) is 19.0 Å². The lowest BCUT2D eigenvalue weighted by Gasteiger charge is -2.19. The third-order valence-corrected chi connectivity index (χ3v) is 4.87. The highest BCUT2D eigenvalue weighted by atomic mass is 16.5. The molecule has 29 heavy (non-hydrogen) atoms. The van der Waals surface area contributed by atoms with Crippen LogP contribution < -0.4 is 25.4 Å². The number of hydrogen-bond donors (Lipinski definition) is 3. The number of methoxy groups -OCH3 is 2. The van der Waals surface area contributed by atoms with Crippen LogP contribution in [0.1, 0.15) is 31.7 Å². The zero-order chi connectivity index (χ0) is 21.1. The fourth-order valence-electron chi connectivity index (χ4n) is 3.35. The summed E-state index contributed by atoms with van der Waals surface area (Å²) in [5.41, 5.74) is 1.17. The molecule has 1 unspecified atom stereocenters. The predicted molar refractivity (Wildman–Crippen MR) is 116 cm³/mol. The smallest absolute Gasteiger partial charge is 0.221 e. The summed E-state index contributed by atoms with van der Waals surface area (Å²) in [7, 11) is 5.09. The summed E-state index contributed by atoms with van der Waals surface area (Å²) in [6.07, 6.45) is 2.43. The van der Waals surface area contributed by atoms with Gasteiger partial charge in [-0.25, -0.2) is 0 Å². The fourth-order valence-corrected chi connectivity index (χ4v) is 3.35. The van der Waals surface area contributed by atoms with Gasteiger partial charge in [-0.3, -0.25) is 14.7 Å². The van der Waals surface area contributed by atoms with Gasteiger partial charge in [0.2, 0.25) is 5.91 Å². The number of ether oxygens (including phenoxy) is 2. The Kier molecular flexibility index (Phi) is 9.56. The maximum absolute atomic E-state index is 11.7. The van der Waals surface area contributed by atoms with Crippen molar-refractivity contribution >= 4 is 11.9 Å². The maximum atomic E-state index is 11.7. The third-order valence-electron chi connectivity index (χ3n) is 4.87. The molecule has 1 fully saturated rings. The second-order valence-electron chi connectivity index (χ2n) is 7.18. The molecular formula is C21H35N5O3. The van der Waals surface area contributed by atoms with Gasteiger partial charge in [-0.1, -0.05) is 6.92 Å². The van der Waals surface area contributed by atoms with Gasteiger partial charge in [-0.05, 0) is 30.5 Å². The number of aliphatic imine (C=N–C) groups is 1. The SMILES string of the molecule is CCCNC(=O)CCNC(=NC)NC1CCN(Cc2cc(OC)cc(OC)c2)C1. The molecule has 8 heteroatoms. The van der Waals surface area contributed by atoms with Crippen LogP contribution in [-0.4, -0.2) is 70.3 Å². The summed E-state index contributed by atoms with van der Waals surface area (Å²) in [4.78, 5) is 18.4. The Morgan fingerprint density at radius 2 is 1.90 bits per heavy atom. The topological polar surface area (TPSA) is 87.2 Å². The van der Waals surface area contributed by atoms with E-state index in [9.17, 15) is 4.79 Å². The largest absolute Gasteiger partial charge is 0.497 e. The molecular weight excluding hydrogens is 370 g/mol. The van der Waals surface area contributed by atoms with Crippen LogP contribution in [0.3, 0.4) is 0 Å². The van der Waals surface area contributed by atoms with Gasteiger partial charge < -0.3 is 25.4 Å². The van der Waals surface area contributed by atoms with Crippen molar-refractivity contribution in [2.75, 3.05) is 47.4 Å². The first kappa shape index (κ1) is 22.8. The minimum atomic E-state index is 0.0653. The number of nitrogens with zero attached hydrogens (tertiary/aromatic N) is 2. The first-order valence-electron chi connectivity index (χ1n) is 10.3. The summed E-state index contributed by atoms with van der Waals surface area (Å²) in [6.45, 7) is 6.11. The summed E-state index contributed by atoms with van der Waals surface area (Å²) in [6, 6.07) is 6.30. The predicted octanol–water partition coefficient (Wildman–Crippen LogP) is 1.36. The quantitative estimate of drug-likeness (QED) is 0.403. The summed E-state index contributed by atoms with van der Waals surface area (Å²) >= 11 is 0. The first-order valence-corrected chi connectivity index (χ1v) is 10.3. The van der Waals surface area contributed by atoms with Crippen molar-refractivity contribution in [3.63, 3.8) is 0 Å². The number of likely N-dealkylation sites (tertiary alicyclic amines) is 1. The fraction of sp³-hybridized carbons (Fsp3) is 0.619. The summed E-state index contributed by atoms with van der Waals surface area (Å²) in [5.74, 6) is 2.42. The molecule has 1 atom stereocenters. The molecule has 1 heterocycles. The van der Waals surface area contributed by atoms with Gasteiger partial charge in [-0.15, -0.1) is 0 Å². The minimum absolute atomic E-state index is 0.0653. The van der Waals surface area contributed by atoms with Crippen molar-refractivity contribution < 1.29 is 14.3 Å². The molecule has 0 spiro atoms. The highest BCUT2D eigenvalue weighted by Gasteiger charge is 2.23. The van der Waals surface area contributed by atoms with Crippen molar-refractivity contribution in [1.82, 2.24) is 20.9 Å². The zero-order valence-corrected chi connectivity index (χ0v) is 18.1. The zero-order valence-electron chi connectivity index (χ0n) is 18.1. The molecule has 0 saturated carbocycles. The van der Waals surface area contributed by atoms with Crippen LogP contribution in [0.5, 0.6) is 11.5 Å². The van der Waals surface area contributed by atoms with Gasteiger partial charge in [0.05, 0.1) is 14.2 Å². The highest BCUT2D eigenvalue weighted by molar-refractivity contribution is 5.81. The lowest BCUT2D eigenvalue weighted by molar-refractivity contribution is -0.120. The molecule has 162 valence electrons. The van der Waals surface area contributed by atoms with Crippen molar-refractivity contribution in [2.24, 2.45) is 4.99 Å². The Labute approximate surface area is 174 Å². The second kappa shape index (κ2) is 12.2. The van der Waals surface area contributed by atoms with Crippen LogP contribution in [0.15, 0.2) is 23.2 Å². The molecule has 3 N–H and O–H groups in total. The number of carbonyl (C=O) groups is 1. The summed E-state index contributed by atoms with van der Waals surface area (Å²) in [5, 5.41) is 9.56. The van der Waals surface area contributed by atoms with Crippen molar-refractivity contribution in [1.29, 1.82) is 0 Å². The molecule has 1 aromatic rings. The van der Waals surface area contributed by atoms with Gasteiger partial charge in [0.1, 0.15) is 11.5 Å². The molecule has 2 rings (SSSR count). The Morgan fingerprint density at radius 3 is 2.52 bits per heavy atom. The van der Waals surface area contributed by atoms with E-state index in [1.54, 1.807) is 21.3 Å². The van der Waals surface area contributed by atoms with Gasteiger partial charge in [-0.2, -0.15) is 0 Å². The Morgan fingerprint density at radius 1 is 1.17 bits per heavy atom. The van der Waals surface area contributed by atoms with E-state index < -0.39 is 0 Å². The molecule has 0 radical (unpaired) electrons. The standard InChI is InChI=1S/C21H35N5O3/c1-5-8-23-20(27)6-9-24-21(22-2)25-17-7-10-26(15-17)14-16-11-18(28-3)13-19(12-16)29-4/h11-13,17H,5-10,14-15H2,1-4H3,(H,23,27)(H2,22,24,25). The summed E-state index contributed by atoms with van der Waals surface area (Å²) < 4.78 is 10.7. The van der Waals surface area contributed by atoms with Crippen molar-refractivity contribution in [2.45, 2.75) is 38.8 Å². The van der Waals surface area contributed by atoms with E-state index in [-0.39, 0.29) is 5.91 Å². The van der Waals surface area contributed by atoms with E-state index in [1.165, 1.54) is 5.56 Å². The monoisotopic (exact) mass is 405 g/mol. The third kappa shape index (κ3) is 7.81. The van der Waals surface area contributed by atoms with E-state index in [4.69, 9.17) is 9.47 Å². The average molecular weight is 406 g/mol. The number of benzene rings is 1. The molecule has 1 aromatic carbocycles. The first-order chi connectivity index (χ1) is 14.1. The van der Waals surface area contributed by atoms with Gasteiger partial charge in [0.15, 0.2) is 5.96 Å². The number of amides is 1. The second-order valence-corrected chi connectivity index (χ2v) is 7.18. The molecule has 1 aliphatic rings. The van der Waals surface area contributed by atoms with Crippen LogP contribution in [0.2, 0.25) is 0 Å². The maximum Gasteiger partial charge on any atom is 0.221 e. The average Bonchev–Trinajstić information content (AvgIpc) is 3.17. The molecule has 8 nitrogen and oxygen atoms in total. The van der Waals surface area contributed by atoms with Gasteiger partial charge in [0.25, 0.3) is 0 Å². The molecule has 1 aliphatic heterocycles. The molecule has 1 amide bonds. The van der Waals surface area contributed by atoms with E-state index in [1.807, 2.05) is 25.1 Å².